The first-order valence-electron chi connectivity index (χ1n) is 11.1. The van der Waals surface area contributed by atoms with Crippen molar-refractivity contribution >= 4 is 28.7 Å². The van der Waals surface area contributed by atoms with Gasteiger partial charge in [0.25, 0.3) is 0 Å². The Kier molecular flexibility index (Phi) is 5.10. The first kappa shape index (κ1) is 22.6. The van der Waals surface area contributed by atoms with E-state index < -0.39 is 34.7 Å². The molecule has 2 unspecified atom stereocenters. The van der Waals surface area contributed by atoms with Crippen molar-refractivity contribution in [2.75, 3.05) is 31.1 Å². The second kappa shape index (κ2) is 7.67. The van der Waals surface area contributed by atoms with Gasteiger partial charge in [0, 0.05) is 37.3 Å². The van der Waals surface area contributed by atoms with Crippen molar-refractivity contribution in [1.29, 1.82) is 0 Å². The summed E-state index contributed by atoms with van der Waals surface area (Å²) < 4.78 is 59.4. The molecule has 3 fully saturated rings. The Morgan fingerprint density at radius 2 is 2.06 bits per heavy atom. The van der Waals surface area contributed by atoms with Gasteiger partial charge < -0.3 is 19.5 Å². The van der Waals surface area contributed by atoms with Gasteiger partial charge in [0.2, 0.25) is 5.43 Å². The number of halogens is 4. The summed E-state index contributed by atoms with van der Waals surface area (Å²) >= 11 is 0. The van der Waals surface area contributed by atoms with Gasteiger partial charge >= 0.3 is 18.1 Å². The molecule has 3 heterocycles. The maximum absolute atomic E-state index is 15.1. The number of pyridine rings is 2. The quantitative estimate of drug-likeness (QED) is 0.503. The van der Waals surface area contributed by atoms with Crippen LogP contribution in [0.5, 0.6) is 0 Å². The topological polar surface area (TPSA) is 93.5 Å². The van der Waals surface area contributed by atoms with Crippen molar-refractivity contribution in [1.82, 2.24) is 14.9 Å². The molecule has 34 heavy (non-hydrogen) atoms. The molecule has 0 aromatic carbocycles. The molecule has 2 saturated carbocycles. The number of ether oxygens (including phenoxy) is 1. The van der Waals surface area contributed by atoms with E-state index in [9.17, 15) is 27.6 Å². The van der Waals surface area contributed by atoms with E-state index in [2.05, 4.69) is 4.98 Å². The van der Waals surface area contributed by atoms with Crippen LogP contribution in [0.1, 0.15) is 42.6 Å². The number of nitrogens with one attached hydrogen (secondary N) is 1. The maximum atomic E-state index is 15.1. The predicted molar refractivity (Wildman–Crippen MR) is 112 cm³/mol. The van der Waals surface area contributed by atoms with Gasteiger partial charge in [-0.25, -0.2) is 14.2 Å². The van der Waals surface area contributed by atoms with Gasteiger partial charge in [0.1, 0.15) is 11.2 Å². The highest BCUT2D eigenvalue weighted by molar-refractivity contribution is 5.93. The van der Waals surface area contributed by atoms with Crippen LogP contribution in [0.25, 0.3) is 11.0 Å². The van der Waals surface area contributed by atoms with E-state index in [-0.39, 0.29) is 54.1 Å². The maximum Gasteiger partial charge on any atom is 0.471 e. The van der Waals surface area contributed by atoms with Gasteiger partial charge in [-0.05, 0) is 38.2 Å². The van der Waals surface area contributed by atoms with Crippen LogP contribution in [0.15, 0.2) is 17.1 Å². The number of carbonyl (C=O) groups excluding carboxylic acids is 2. The average Bonchev–Trinajstić information content (AvgIpc) is 3.69. The highest BCUT2D eigenvalue weighted by atomic mass is 19.4. The fourth-order valence-corrected chi connectivity index (χ4v) is 4.83. The Morgan fingerprint density at radius 1 is 1.32 bits per heavy atom. The molecule has 2 atom stereocenters. The predicted octanol–water partition coefficient (Wildman–Crippen LogP) is 2.55. The molecule has 12 heteroatoms. The van der Waals surface area contributed by atoms with E-state index >= 15 is 4.39 Å². The number of anilines is 1. The largest absolute Gasteiger partial charge is 0.471 e. The Labute approximate surface area is 190 Å². The number of fused-ring (bicyclic) bond motifs is 2. The van der Waals surface area contributed by atoms with Crippen LogP contribution in [-0.4, -0.2) is 53.8 Å². The first-order chi connectivity index (χ1) is 16.0. The summed E-state index contributed by atoms with van der Waals surface area (Å²) in [4.78, 5) is 42.4. The van der Waals surface area contributed by atoms with Gasteiger partial charge in [-0.3, -0.25) is 9.59 Å². The number of carbonyl (C=O) groups is 2. The van der Waals surface area contributed by atoms with E-state index in [0.717, 1.165) is 18.9 Å². The summed E-state index contributed by atoms with van der Waals surface area (Å²) in [5, 5.41) is 1.90. The molecule has 0 spiro atoms. The Balaban J connectivity index is 1.45. The third kappa shape index (κ3) is 3.78. The summed E-state index contributed by atoms with van der Waals surface area (Å²) in [6.07, 6.45) is -1.28. The zero-order valence-electron chi connectivity index (χ0n) is 18.2. The lowest BCUT2D eigenvalue weighted by Gasteiger charge is -2.24. The molecule has 0 radical (unpaired) electrons. The van der Waals surface area contributed by atoms with E-state index in [1.165, 1.54) is 6.20 Å². The van der Waals surface area contributed by atoms with Crippen LogP contribution in [0, 0.1) is 17.2 Å². The number of hydrogen-bond donors (Lipinski definition) is 1. The summed E-state index contributed by atoms with van der Waals surface area (Å²) in [6, 6.07) is 1.09. The van der Waals surface area contributed by atoms with Crippen molar-refractivity contribution in [3.8, 4) is 0 Å². The lowest BCUT2D eigenvalue weighted by Crippen LogP contribution is -2.41. The number of rotatable bonds is 6. The third-order valence-electron chi connectivity index (χ3n) is 6.84. The number of nitrogens with zero attached hydrogens (tertiary/aromatic N) is 3. The van der Waals surface area contributed by atoms with Crippen LogP contribution in [0.2, 0.25) is 0 Å². The lowest BCUT2D eigenvalue weighted by atomic mass is 10.1. The second-order valence-corrected chi connectivity index (χ2v) is 9.22. The molecule has 182 valence electrons. The van der Waals surface area contributed by atoms with E-state index in [1.807, 2.05) is 5.32 Å². The summed E-state index contributed by atoms with van der Waals surface area (Å²) in [7, 11) is 0. The number of piperidine rings is 1. The minimum atomic E-state index is -4.96. The molecular formula is C22H22F4N4O4. The van der Waals surface area contributed by atoms with Gasteiger partial charge in [-0.2, -0.15) is 13.2 Å². The third-order valence-corrected chi connectivity index (χ3v) is 6.84. The first-order valence-corrected chi connectivity index (χ1v) is 11.1. The highest BCUT2D eigenvalue weighted by Gasteiger charge is 2.60. The summed E-state index contributed by atoms with van der Waals surface area (Å²) in [5.74, 6) is -3.53. The van der Waals surface area contributed by atoms with E-state index in [4.69, 9.17) is 4.74 Å². The van der Waals surface area contributed by atoms with Crippen molar-refractivity contribution in [2.45, 2.75) is 38.4 Å². The van der Waals surface area contributed by atoms with Crippen LogP contribution in [0.4, 0.5) is 23.4 Å². The van der Waals surface area contributed by atoms with Crippen LogP contribution in [0.3, 0.4) is 0 Å². The molecule has 2 aromatic rings. The normalized spacial score (nSPS) is 23.7. The zero-order valence-corrected chi connectivity index (χ0v) is 18.2. The second-order valence-electron chi connectivity index (χ2n) is 9.22. The fourth-order valence-electron chi connectivity index (χ4n) is 4.83. The molecular weight excluding hydrogens is 460 g/mol. The zero-order chi connectivity index (χ0) is 24.4. The molecule has 1 saturated heterocycles. The van der Waals surface area contributed by atoms with E-state index in [0.29, 0.717) is 13.0 Å². The van der Waals surface area contributed by atoms with Crippen molar-refractivity contribution in [3.05, 3.63) is 33.9 Å². The SMILES string of the molecule is CCOC(=O)c1cn(C2CC2)c2nc(N3CC4CC4(CNC(=O)C(F)(F)F)C3)c(F)cc2c1=O. The number of hydrogen-bond acceptors (Lipinski definition) is 6. The monoisotopic (exact) mass is 482 g/mol. The minimum Gasteiger partial charge on any atom is -0.462 e. The molecule has 1 N–H and O–H groups in total. The standard InChI is InChI=1S/C22H22F4N4O4/c1-2-34-19(32)14-8-30(12-3-4-12)17-13(16(14)31)5-15(23)18(28-17)29-7-11-6-21(11,10-29)9-27-20(33)22(24,25)26/h5,8,11-12H,2-4,6-7,9-10H2,1H3,(H,27,33). The van der Waals surface area contributed by atoms with Crippen LogP contribution in [-0.2, 0) is 9.53 Å². The summed E-state index contributed by atoms with van der Waals surface area (Å²) in [5.41, 5.74) is -1.17. The smallest absolute Gasteiger partial charge is 0.462 e. The minimum absolute atomic E-state index is 0.00101. The molecule has 1 aliphatic heterocycles. The number of esters is 1. The van der Waals surface area contributed by atoms with Gasteiger partial charge in [-0.15, -0.1) is 0 Å². The van der Waals surface area contributed by atoms with Crippen LogP contribution < -0.4 is 15.6 Å². The van der Waals surface area contributed by atoms with Gasteiger partial charge in [0.05, 0.1) is 12.0 Å². The van der Waals surface area contributed by atoms with Crippen molar-refractivity contribution in [3.63, 3.8) is 0 Å². The summed E-state index contributed by atoms with van der Waals surface area (Å²) in [6.45, 7) is 2.17. The molecule has 3 aliphatic rings. The number of amides is 1. The van der Waals surface area contributed by atoms with Crippen molar-refractivity contribution in [2.24, 2.45) is 11.3 Å². The lowest BCUT2D eigenvalue weighted by molar-refractivity contribution is -0.173. The molecule has 2 aliphatic carbocycles. The Bertz CT molecular complexity index is 1260. The highest BCUT2D eigenvalue weighted by Crippen LogP contribution is 2.58. The van der Waals surface area contributed by atoms with Crippen LogP contribution >= 0.6 is 0 Å². The van der Waals surface area contributed by atoms with Crippen molar-refractivity contribution < 1.29 is 31.9 Å². The number of alkyl halides is 3. The molecule has 0 bridgehead atoms. The molecule has 8 nitrogen and oxygen atoms in total. The van der Waals surface area contributed by atoms with Gasteiger partial charge in [-0.1, -0.05) is 0 Å². The average molecular weight is 482 g/mol. The molecule has 5 rings (SSSR count). The van der Waals surface area contributed by atoms with E-state index in [1.54, 1.807) is 16.4 Å². The molecule has 1 amide bonds. The van der Waals surface area contributed by atoms with Gasteiger partial charge in [0.15, 0.2) is 11.6 Å². The number of aromatic nitrogens is 2. The Hall–Kier alpha value is -3.18. The fraction of sp³-hybridized carbons (Fsp3) is 0.545. The Morgan fingerprint density at radius 3 is 2.71 bits per heavy atom. The molecule has 2 aromatic heterocycles.